The van der Waals surface area contributed by atoms with Crippen LogP contribution in [0.3, 0.4) is 0 Å². The predicted octanol–water partition coefficient (Wildman–Crippen LogP) is 3.62. The first kappa shape index (κ1) is 11.3. The van der Waals surface area contributed by atoms with Crippen LogP contribution < -0.4 is 0 Å². The van der Waals surface area contributed by atoms with Gasteiger partial charge in [0.15, 0.2) is 0 Å². The molecule has 13 heavy (non-hydrogen) atoms. The van der Waals surface area contributed by atoms with Crippen molar-refractivity contribution in [2.45, 2.75) is 6.18 Å². The van der Waals surface area contributed by atoms with Gasteiger partial charge in [0.1, 0.15) is 5.75 Å². The molecule has 1 aromatic rings. The number of phenols is 1. The molecule has 1 aromatic carbocycles. The smallest absolute Gasteiger partial charge is 0.418 e. The number of hydrogen-bond acceptors (Lipinski definition) is 1. The summed E-state index contributed by atoms with van der Waals surface area (Å²) in [6, 6.07) is 2.18. The molecule has 0 atom stereocenters. The van der Waals surface area contributed by atoms with E-state index >= 15 is 0 Å². The Kier molecular flexibility index (Phi) is 3.31. The molecule has 0 aliphatic heterocycles. The highest BCUT2D eigenvalue weighted by Gasteiger charge is 2.35. The lowest BCUT2D eigenvalue weighted by molar-refractivity contribution is -0.139. The van der Waals surface area contributed by atoms with Gasteiger partial charge in [0.25, 0.3) is 0 Å². The lowest BCUT2D eigenvalue weighted by Gasteiger charge is -2.11. The summed E-state index contributed by atoms with van der Waals surface area (Å²) in [4.78, 5) is 0. The molecule has 1 rings (SSSR count). The van der Waals surface area contributed by atoms with E-state index in [1.165, 1.54) is 0 Å². The SMILES string of the molecule is Oc1cc(I)c(C(F)(F)F)c(I)c1. The van der Waals surface area contributed by atoms with Crippen molar-refractivity contribution in [1.29, 1.82) is 0 Å². The maximum absolute atomic E-state index is 12.4. The molecule has 0 fully saturated rings. The fourth-order valence-corrected chi connectivity index (χ4v) is 3.18. The summed E-state index contributed by atoms with van der Waals surface area (Å²) < 4.78 is 37.1. The van der Waals surface area contributed by atoms with E-state index in [-0.39, 0.29) is 12.9 Å². The Bertz CT molecular complexity index is 312. The van der Waals surface area contributed by atoms with Crippen molar-refractivity contribution in [2.24, 2.45) is 0 Å². The molecule has 1 nitrogen and oxygen atoms in total. The summed E-state index contributed by atoms with van der Waals surface area (Å²) in [6.45, 7) is 0. The second-order valence-electron chi connectivity index (χ2n) is 2.28. The molecule has 0 amide bonds. The van der Waals surface area contributed by atoms with Gasteiger partial charge >= 0.3 is 6.18 Å². The van der Waals surface area contributed by atoms with Crippen LogP contribution in [0.2, 0.25) is 0 Å². The highest BCUT2D eigenvalue weighted by Crippen LogP contribution is 2.37. The van der Waals surface area contributed by atoms with E-state index in [0.717, 1.165) is 12.1 Å². The Balaban J connectivity index is 3.38. The summed E-state index contributed by atoms with van der Waals surface area (Å²) in [5.74, 6) is -0.151. The quantitative estimate of drug-likeness (QED) is 0.644. The van der Waals surface area contributed by atoms with E-state index in [2.05, 4.69) is 0 Å². The number of rotatable bonds is 0. The zero-order valence-electron chi connectivity index (χ0n) is 5.99. The van der Waals surface area contributed by atoms with Crippen LogP contribution in [0, 0.1) is 7.14 Å². The highest BCUT2D eigenvalue weighted by molar-refractivity contribution is 14.1. The first-order valence-electron chi connectivity index (χ1n) is 3.07. The van der Waals surface area contributed by atoms with E-state index < -0.39 is 11.7 Å². The van der Waals surface area contributed by atoms with Crippen LogP contribution in [-0.2, 0) is 6.18 Å². The van der Waals surface area contributed by atoms with Crippen molar-refractivity contribution in [3.8, 4) is 5.75 Å². The van der Waals surface area contributed by atoms with Gasteiger partial charge in [0, 0.05) is 7.14 Å². The van der Waals surface area contributed by atoms with Gasteiger partial charge in [-0.05, 0) is 57.3 Å². The minimum absolute atomic E-state index is 0.00880. The monoisotopic (exact) mass is 414 g/mol. The predicted molar refractivity (Wildman–Crippen MR) is 58.5 cm³/mol. The average Bonchev–Trinajstić information content (AvgIpc) is 1.78. The average molecular weight is 414 g/mol. The van der Waals surface area contributed by atoms with E-state index in [1.54, 1.807) is 45.2 Å². The summed E-state index contributed by atoms with van der Waals surface area (Å²) in [5.41, 5.74) is -0.688. The third kappa shape index (κ3) is 2.61. The van der Waals surface area contributed by atoms with Crippen LogP contribution >= 0.6 is 45.2 Å². The second kappa shape index (κ2) is 3.79. The van der Waals surface area contributed by atoms with Crippen molar-refractivity contribution in [3.05, 3.63) is 24.8 Å². The van der Waals surface area contributed by atoms with Gasteiger partial charge in [0.2, 0.25) is 0 Å². The number of halogens is 5. The Morgan fingerprint density at radius 3 is 1.77 bits per heavy atom. The van der Waals surface area contributed by atoms with Gasteiger partial charge < -0.3 is 5.11 Å². The van der Waals surface area contributed by atoms with Gasteiger partial charge in [-0.25, -0.2) is 0 Å². The van der Waals surface area contributed by atoms with Crippen LogP contribution in [0.4, 0.5) is 13.2 Å². The van der Waals surface area contributed by atoms with Crippen molar-refractivity contribution in [3.63, 3.8) is 0 Å². The molecule has 0 saturated heterocycles. The summed E-state index contributed by atoms with van der Waals surface area (Å²) >= 11 is 3.10. The van der Waals surface area contributed by atoms with E-state index in [4.69, 9.17) is 5.11 Å². The molecule has 0 radical (unpaired) electrons. The van der Waals surface area contributed by atoms with E-state index in [0.29, 0.717) is 0 Å². The summed E-state index contributed by atoms with van der Waals surface area (Å²) in [7, 11) is 0. The number of phenolic OH excluding ortho intramolecular Hbond substituents is 1. The number of alkyl halides is 3. The third-order valence-electron chi connectivity index (χ3n) is 1.31. The van der Waals surface area contributed by atoms with Crippen LogP contribution in [0.15, 0.2) is 12.1 Å². The van der Waals surface area contributed by atoms with Gasteiger partial charge in [0.05, 0.1) is 5.56 Å². The topological polar surface area (TPSA) is 20.2 Å². The van der Waals surface area contributed by atoms with Crippen LogP contribution in [-0.4, -0.2) is 5.11 Å². The van der Waals surface area contributed by atoms with Gasteiger partial charge in [-0.15, -0.1) is 0 Å². The molecule has 0 spiro atoms. The molecular formula is C7H3F3I2O. The number of benzene rings is 1. The van der Waals surface area contributed by atoms with E-state index in [9.17, 15) is 13.2 Å². The lowest BCUT2D eigenvalue weighted by atomic mass is 10.2. The standard InChI is InChI=1S/C7H3F3I2O/c8-7(9,10)6-4(11)1-3(13)2-5(6)12/h1-2,13H. The van der Waals surface area contributed by atoms with Crippen molar-refractivity contribution in [2.75, 3.05) is 0 Å². The zero-order valence-corrected chi connectivity index (χ0v) is 10.3. The third-order valence-corrected chi connectivity index (χ3v) is 3.01. The molecule has 0 saturated carbocycles. The highest BCUT2D eigenvalue weighted by atomic mass is 127. The Labute approximate surface area is 99.6 Å². The van der Waals surface area contributed by atoms with Crippen LogP contribution in [0.25, 0.3) is 0 Å². The molecule has 1 N–H and O–H groups in total. The zero-order chi connectivity index (χ0) is 10.2. The molecule has 72 valence electrons. The molecular weight excluding hydrogens is 411 g/mol. The number of hydrogen-bond donors (Lipinski definition) is 1. The molecule has 0 aliphatic rings. The maximum atomic E-state index is 12.4. The molecule has 0 bridgehead atoms. The van der Waals surface area contributed by atoms with Crippen molar-refractivity contribution < 1.29 is 18.3 Å². The van der Waals surface area contributed by atoms with Crippen molar-refractivity contribution in [1.82, 2.24) is 0 Å². The van der Waals surface area contributed by atoms with Gasteiger partial charge in [-0.1, -0.05) is 0 Å². The molecule has 0 aromatic heterocycles. The normalized spacial score (nSPS) is 11.8. The molecule has 0 unspecified atom stereocenters. The fraction of sp³-hybridized carbons (Fsp3) is 0.143. The molecule has 6 heteroatoms. The maximum Gasteiger partial charge on any atom is 0.418 e. The summed E-state index contributed by atoms with van der Waals surface area (Å²) in [5, 5.41) is 9.01. The first-order valence-corrected chi connectivity index (χ1v) is 5.23. The first-order chi connectivity index (χ1) is 5.82. The van der Waals surface area contributed by atoms with Gasteiger partial charge in [-0.3, -0.25) is 0 Å². The van der Waals surface area contributed by atoms with Crippen LogP contribution in [0.5, 0.6) is 5.75 Å². The van der Waals surface area contributed by atoms with E-state index in [1.807, 2.05) is 0 Å². The minimum atomic E-state index is -4.36. The number of aromatic hydroxyl groups is 1. The second-order valence-corrected chi connectivity index (χ2v) is 4.61. The Morgan fingerprint density at radius 2 is 1.46 bits per heavy atom. The largest absolute Gasteiger partial charge is 0.508 e. The molecule has 0 heterocycles. The molecule has 0 aliphatic carbocycles. The Morgan fingerprint density at radius 1 is 1.08 bits per heavy atom. The van der Waals surface area contributed by atoms with Crippen molar-refractivity contribution >= 4 is 45.2 Å². The Hall–Kier alpha value is 0.270. The van der Waals surface area contributed by atoms with Crippen LogP contribution in [0.1, 0.15) is 5.56 Å². The summed E-state index contributed by atoms with van der Waals surface area (Å²) in [6.07, 6.45) is -4.36. The minimum Gasteiger partial charge on any atom is -0.508 e. The fourth-order valence-electron chi connectivity index (χ4n) is 0.831. The lowest BCUT2D eigenvalue weighted by Crippen LogP contribution is -2.09. The van der Waals surface area contributed by atoms with Gasteiger partial charge in [-0.2, -0.15) is 13.2 Å².